The van der Waals surface area contributed by atoms with Crippen molar-refractivity contribution >= 4 is 0 Å². The Kier molecular flexibility index (Phi) is 6.08. The van der Waals surface area contributed by atoms with E-state index in [0.29, 0.717) is 18.3 Å². The Morgan fingerprint density at radius 3 is 2.69 bits per heavy atom. The number of nitrogens with one attached hydrogen (secondary N) is 1. The van der Waals surface area contributed by atoms with Gasteiger partial charge in [-0.3, -0.25) is 0 Å². The van der Waals surface area contributed by atoms with Gasteiger partial charge in [0, 0.05) is 6.92 Å². The summed E-state index contributed by atoms with van der Waals surface area (Å²) in [5.41, 5.74) is 0. The van der Waals surface area contributed by atoms with Gasteiger partial charge in [-0.15, -0.1) is 10.2 Å². The summed E-state index contributed by atoms with van der Waals surface area (Å²) in [5, 5.41) is 11.1. The van der Waals surface area contributed by atoms with E-state index in [1.807, 2.05) is 6.92 Å². The van der Waals surface area contributed by atoms with Crippen LogP contribution in [0, 0.1) is 12.8 Å². The van der Waals surface area contributed by atoms with Gasteiger partial charge in [-0.1, -0.05) is 33.1 Å². The van der Waals surface area contributed by atoms with E-state index in [0.717, 1.165) is 12.5 Å². The molecule has 0 bridgehead atoms. The Bertz CT molecular complexity index is 286. The number of unbranched alkanes of at least 4 members (excludes halogenated alkanes) is 1. The molecule has 0 spiro atoms. The van der Waals surface area contributed by atoms with Crippen molar-refractivity contribution < 1.29 is 4.42 Å². The van der Waals surface area contributed by atoms with Crippen LogP contribution in [-0.2, 0) is 6.54 Å². The average molecular weight is 225 g/mol. The fourth-order valence-electron chi connectivity index (χ4n) is 1.74. The Labute approximate surface area is 97.8 Å². The fourth-order valence-corrected chi connectivity index (χ4v) is 1.74. The molecule has 16 heavy (non-hydrogen) atoms. The van der Waals surface area contributed by atoms with E-state index < -0.39 is 0 Å². The molecular formula is C12H23N3O. The van der Waals surface area contributed by atoms with Crippen LogP contribution >= 0.6 is 0 Å². The summed E-state index contributed by atoms with van der Waals surface area (Å²) in [6.07, 6.45) is 5.14. The first-order valence-corrected chi connectivity index (χ1v) is 6.26. The minimum atomic E-state index is 0.634. The molecule has 1 aromatic heterocycles. The summed E-state index contributed by atoms with van der Waals surface area (Å²) in [5.74, 6) is 2.08. The summed E-state index contributed by atoms with van der Waals surface area (Å²) in [7, 11) is 0. The normalized spacial score (nSPS) is 12.9. The van der Waals surface area contributed by atoms with Crippen LogP contribution in [0.15, 0.2) is 4.42 Å². The maximum Gasteiger partial charge on any atom is 0.230 e. The molecule has 0 amide bonds. The van der Waals surface area contributed by atoms with Gasteiger partial charge in [-0.05, 0) is 18.9 Å². The van der Waals surface area contributed by atoms with Crippen LogP contribution in [-0.4, -0.2) is 16.7 Å². The van der Waals surface area contributed by atoms with Crippen LogP contribution in [0.2, 0.25) is 0 Å². The van der Waals surface area contributed by atoms with Crippen molar-refractivity contribution in [3.63, 3.8) is 0 Å². The second kappa shape index (κ2) is 7.39. The van der Waals surface area contributed by atoms with E-state index in [9.17, 15) is 0 Å². The standard InChI is InChI=1S/C12H23N3O/c1-4-6-7-11(5-2)8-13-9-12-15-14-10(3)16-12/h11,13H,4-9H2,1-3H3. The van der Waals surface area contributed by atoms with E-state index in [1.54, 1.807) is 0 Å². The van der Waals surface area contributed by atoms with Crippen molar-refractivity contribution in [3.8, 4) is 0 Å². The van der Waals surface area contributed by atoms with Gasteiger partial charge < -0.3 is 9.73 Å². The van der Waals surface area contributed by atoms with Gasteiger partial charge in [0.25, 0.3) is 0 Å². The van der Waals surface area contributed by atoms with Gasteiger partial charge in [0.2, 0.25) is 11.8 Å². The van der Waals surface area contributed by atoms with E-state index in [1.165, 1.54) is 25.7 Å². The first-order chi connectivity index (χ1) is 7.76. The third kappa shape index (κ3) is 4.75. The van der Waals surface area contributed by atoms with Gasteiger partial charge in [0.1, 0.15) is 0 Å². The monoisotopic (exact) mass is 225 g/mol. The molecule has 92 valence electrons. The topological polar surface area (TPSA) is 51.0 Å². The maximum atomic E-state index is 5.30. The lowest BCUT2D eigenvalue weighted by atomic mass is 9.99. The molecule has 0 fully saturated rings. The van der Waals surface area contributed by atoms with E-state index in [4.69, 9.17) is 4.42 Å². The quantitative estimate of drug-likeness (QED) is 0.739. The second-order valence-electron chi connectivity index (χ2n) is 4.26. The predicted molar refractivity (Wildman–Crippen MR) is 64.0 cm³/mol. The molecule has 0 radical (unpaired) electrons. The zero-order valence-electron chi connectivity index (χ0n) is 10.6. The fraction of sp³-hybridized carbons (Fsp3) is 0.833. The van der Waals surface area contributed by atoms with Crippen molar-refractivity contribution in [1.82, 2.24) is 15.5 Å². The molecule has 1 aromatic rings. The molecule has 0 aliphatic carbocycles. The van der Waals surface area contributed by atoms with Gasteiger partial charge in [0.05, 0.1) is 6.54 Å². The molecule has 0 saturated heterocycles. The summed E-state index contributed by atoms with van der Waals surface area (Å²) in [4.78, 5) is 0. The van der Waals surface area contributed by atoms with E-state index in [2.05, 4.69) is 29.4 Å². The third-order valence-electron chi connectivity index (χ3n) is 2.82. The Morgan fingerprint density at radius 2 is 2.12 bits per heavy atom. The smallest absolute Gasteiger partial charge is 0.230 e. The molecule has 4 nitrogen and oxygen atoms in total. The number of aryl methyl sites for hydroxylation is 1. The first kappa shape index (κ1) is 13.2. The Morgan fingerprint density at radius 1 is 1.31 bits per heavy atom. The molecule has 1 rings (SSSR count). The summed E-state index contributed by atoms with van der Waals surface area (Å²) in [6, 6.07) is 0. The van der Waals surface area contributed by atoms with E-state index in [-0.39, 0.29) is 0 Å². The molecule has 1 N–H and O–H groups in total. The van der Waals surface area contributed by atoms with Gasteiger partial charge in [-0.25, -0.2) is 0 Å². The Balaban J connectivity index is 2.17. The van der Waals surface area contributed by atoms with Crippen LogP contribution in [0.5, 0.6) is 0 Å². The van der Waals surface area contributed by atoms with Crippen LogP contribution in [0.4, 0.5) is 0 Å². The lowest BCUT2D eigenvalue weighted by Gasteiger charge is -2.14. The van der Waals surface area contributed by atoms with Crippen molar-refractivity contribution in [3.05, 3.63) is 11.8 Å². The van der Waals surface area contributed by atoms with Crippen LogP contribution in [0.1, 0.15) is 51.3 Å². The highest BCUT2D eigenvalue weighted by Crippen LogP contribution is 2.11. The summed E-state index contributed by atoms with van der Waals surface area (Å²) in [6.45, 7) is 8.02. The molecule has 1 unspecified atom stereocenters. The molecule has 0 aliphatic heterocycles. The minimum Gasteiger partial charge on any atom is -0.424 e. The number of nitrogens with zero attached hydrogens (tertiary/aromatic N) is 2. The van der Waals surface area contributed by atoms with Crippen molar-refractivity contribution in [2.45, 2.75) is 53.0 Å². The second-order valence-corrected chi connectivity index (χ2v) is 4.26. The number of rotatable bonds is 8. The highest BCUT2D eigenvalue weighted by atomic mass is 16.4. The van der Waals surface area contributed by atoms with Gasteiger partial charge >= 0.3 is 0 Å². The van der Waals surface area contributed by atoms with Crippen molar-refractivity contribution in [2.24, 2.45) is 5.92 Å². The zero-order valence-corrected chi connectivity index (χ0v) is 10.6. The average Bonchev–Trinajstić information content (AvgIpc) is 2.69. The van der Waals surface area contributed by atoms with E-state index >= 15 is 0 Å². The maximum absolute atomic E-state index is 5.30. The SMILES string of the molecule is CCCCC(CC)CNCc1nnc(C)o1. The summed E-state index contributed by atoms with van der Waals surface area (Å²) < 4.78 is 5.30. The molecule has 0 saturated carbocycles. The molecule has 4 heteroatoms. The van der Waals surface area contributed by atoms with Crippen molar-refractivity contribution in [2.75, 3.05) is 6.54 Å². The molecule has 0 aliphatic rings. The molecular weight excluding hydrogens is 202 g/mol. The predicted octanol–water partition coefficient (Wildman–Crippen LogP) is 2.68. The highest BCUT2D eigenvalue weighted by molar-refractivity contribution is 4.78. The number of hydrogen-bond acceptors (Lipinski definition) is 4. The lowest BCUT2D eigenvalue weighted by Crippen LogP contribution is -2.22. The third-order valence-corrected chi connectivity index (χ3v) is 2.82. The summed E-state index contributed by atoms with van der Waals surface area (Å²) >= 11 is 0. The zero-order chi connectivity index (χ0) is 11.8. The van der Waals surface area contributed by atoms with Gasteiger partial charge in [0.15, 0.2) is 0 Å². The molecule has 1 atom stereocenters. The first-order valence-electron chi connectivity index (χ1n) is 6.26. The minimum absolute atomic E-state index is 0.634. The highest BCUT2D eigenvalue weighted by Gasteiger charge is 2.06. The lowest BCUT2D eigenvalue weighted by molar-refractivity contribution is 0.393. The van der Waals surface area contributed by atoms with Gasteiger partial charge in [-0.2, -0.15) is 0 Å². The number of hydrogen-bond donors (Lipinski definition) is 1. The van der Waals surface area contributed by atoms with Crippen molar-refractivity contribution in [1.29, 1.82) is 0 Å². The molecule has 1 heterocycles. The largest absolute Gasteiger partial charge is 0.424 e. The number of aromatic nitrogens is 2. The van der Waals surface area contributed by atoms with Crippen LogP contribution < -0.4 is 5.32 Å². The van der Waals surface area contributed by atoms with Crippen LogP contribution in [0.25, 0.3) is 0 Å². The van der Waals surface area contributed by atoms with Crippen LogP contribution in [0.3, 0.4) is 0 Å². The molecule has 0 aromatic carbocycles. The Hall–Kier alpha value is -0.900.